The molecular weight excluding hydrogens is 302 g/mol. The van der Waals surface area contributed by atoms with Crippen LogP contribution in [-0.4, -0.2) is 22.4 Å². The van der Waals surface area contributed by atoms with E-state index in [1.807, 2.05) is 38.1 Å². The van der Waals surface area contributed by atoms with Crippen LogP contribution >= 0.6 is 0 Å². The topological polar surface area (TPSA) is 50.7 Å². The zero-order valence-electron chi connectivity index (χ0n) is 15.8. The number of aliphatic hydroxyl groups is 1. The van der Waals surface area contributed by atoms with Gasteiger partial charge in [-0.05, 0) is 83.6 Å². The van der Waals surface area contributed by atoms with Crippen molar-refractivity contribution in [2.24, 2.45) is 5.92 Å². The van der Waals surface area contributed by atoms with Gasteiger partial charge in [0.25, 0.3) is 0 Å². The average Bonchev–Trinajstić information content (AvgIpc) is 2.54. The van der Waals surface area contributed by atoms with Gasteiger partial charge in [-0.15, -0.1) is 0 Å². The first-order chi connectivity index (χ1) is 11.2. The number of benzene rings is 1. The highest BCUT2D eigenvalue weighted by Crippen LogP contribution is 2.30. The lowest BCUT2D eigenvalue weighted by Gasteiger charge is -2.36. The van der Waals surface area contributed by atoms with E-state index in [2.05, 4.69) is 12.4 Å². The molecule has 0 unspecified atom stereocenters. The van der Waals surface area contributed by atoms with Crippen LogP contribution < -0.4 is 10.2 Å². The van der Waals surface area contributed by atoms with Crippen LogP contribution in [-0.2, 0) is 4.84 Å². The predicted molar refractivity (Wildman–Crippen MR) is 98.2 cm³/mol. The Labute approximate surface area is 146 Å². The summed E-state index contributed by atoms with van der Waals surface area (Å²) in [6.07, 6.45) is 6.50. The monoisotopic (exact) mass is 335 g/mol. The van der Waals surface area contributed by atoms with E-state index in [1.54, 1.807) is 13.8 Å². The number of hydrogen-bond acceptors (Lipinski definition) is 4. The normalized spacial score (nSPS) is 22.2. The summed E-state index contributed by atoms with van der Waals surface area (Å²) < 4.78 is 6.09. The van der Waals surface area contributed by atoms with E-state index in [1.165, 1.54) is 19.3 Å². The quantitative estimate of drug-likeness (QED) is 0.694. The second kappa shape index (κ2) is 7.75. The van der Waals surface area contributed by atoms with Crippen molar-refractivity contribution in [1.82, 2.24) is 0 Å². The number of nitrogens with one attached hydrogen (secondary N) is 1. The standard InChI is InChI=1S/C20H33NO3/c1-6-15-7-11-17(12-8-15)23-18-13-9-16(10-14-18)21-24-20(4,5)19(2,3)22/h9-10,13-15,17,21-22H,6-8,11-12H2,1-5H3. The maximum absolute atomic E-state index is 10.1. The van der Waals surface area contributed by atoms with E-state index >= 15 is 0 Å². The molecule has 1 aliphatic rings. The largest absolute Gasteiger partial charge is 0.490 e. The third-order valence-corrected chi connectivity index (χ3v) is 5.43. The summed E-state index contributed by atoms with van der Waals surface area (Å²) >= 11 is 0. The fourth-order valence-electron chi connectivity index (χ4n) is 2.76. The van der Waals surface area contributed by atoms with Gasteiger partial charge in [-0.2, -0.15) is 0 Å². The lowest BCUT2D eigenvalue weighted by Crippen LogP contribution is -2.48. The van der Waals surface area contributed by atoms with Gasteiger partial charge in [0, 0.05) is 0 Å². The molecule has 24 heavy (non-hydrogen) atoms. The Morgan fingerprint density at radius 2 is 1.62 bits per heavy atom. The lowest BCUT2D eigenvalue weighted by molar-refractivity contribution is -0.130. The Kier molecular flexibility index (Phi) is 6.16. The number of ether oxygens (including phenoxy) is 1. The van der Waals surface area contributed by atoms with Gasteiger partial charge in [0.1, 0.15) is 11.4 Å². The van der Waals surface area contributed by atoms with Gasteiger partial charge in [-0.1, -0.05) is 13.3 Å². The first-order valence-electron chi connectivity index (χ1n) is 9.14. The molecule has 0 aromatic heterocycles. The Balaban J connectivity index is 1.83. The first-order valence-corrected chi connectivity index (χ1v) is 9.14. The van der Waals surface area contributed by atoms with Crippen LogP contribution in [0.4, 0.5) is 5.69 Å². The number of hydrogen-bond donors (Lipinski definition) is 2. The van der Waals surface area contributed by atoms with Crippen molar-refractivity contribution >= 4 is 5.69 Å². The van der Waals surface area contributed by atoms with E-state index in [-0.39, 0.29) is 0 Å². The summed E-state index contributed by atoms with van der Waals surface area (Å²) in [4.78, 5) is 5.65. The first kappa shape index (κ1) is 19.1. The van der Waals surface area contributed by atoms with Gasteiger partial charge >= 0.3 is 0 Å². The molecule has 136 valence electrons. The second-order valence-corrected chi connectivity index (χ2v) is 7.97. The molecule has 4 nitrogen and oxygen atoms in total. The van der Waals surface area contributed by atoms with Crippen LogP contribution in [0.2, 0.25) is 0 Å². The molecule has 0 aliphatic heterocycles. The molecule has 1 fully saturated rings. The highest BCUT2D eigenvalue weighted by molar-refractivity contribution is 5.44. The summed E-state index contributed by atoms with van der Waals surface area (Å²) in [6.45, 7) is 9.45. The van der Waals surface area contributed by atoms with Crippen molar-refractivity contribution in [2.45, 2.75) is 84.0 Å². The van der Waals surface area contributed by atoms with Crippen molar-refractivity contribution in [1.29, 1.82) is 0 Å². The van der Waals surface area contributed by atoms with Crippen LogP contribution in [0.1, 0.15) is 66.7 Å². The fourth-order valence-corrected chi connectivity index (χ4v) is 2.76. The lowest BCUT2D eigenvalue weighted by atomic mass is 9.86. The van der Waals surface area contributed by atoms with Gasteiger partial charge in [-0.3, -0.25) is 10.3 Å². The maximum Gasteiger partial charge on any atom is 0.119 e. The van der Waals surface area contributed by atoms with Crippen molar-refractivity contribution in [2.75, 3.05) is 5.48 Å². The van der Waals surface area contributed by atoms with Crippen LogP contribution in [0.3, 0.4) is 0 Å². The Morgan fingerprint density at radius 3 is 2.12 bits per heavy atom. The summed E-state index contributed by atoms with van der Waals surface area (Å²) in [5, 5.41) is 10.1. The minimum atomic E-state index is -0.944. The maximum atomic E-state index is 10.1. The fraction of sp³-hybridized carbons (Fsp3) is 0.700. The summed E-state index contributed by atoms with van der Waals surface area (Å²) in [6, 6.07) is 7.81. The van der Waals surface area contributed by atoms with Crippen molar-refractivity contribution < 1.29 is 14.7 Å². The third kappa shape index (κ3) is 5.12. The Bertz CT molecular complexity index is 497. The zero-order chi connectivity index (χ0) is 17.8. The molecular formula is C20H33NO3. The molecule has 1 aromatic rings. The molecule has 2 rings (SSSR count). The van der Waals surface area contributed by atoms with Crippen molar-refractivity contribution in [3.8, 4) is 5.75 Å². The molecule has 1 aliphatic carbocycles. The Morgan fingerprint density at radius 1 is 1.04 bits per heavy atom. The molecule has 0 saturated heterocycles. The number of anilines is 1. The highest BCUT2D eigenvalue weighted by atomic mass is 16.7. The molecule has 0 bridgehead atoms. The van der Waals surface area contributed by atoms with E-state index < -0.39 is 11.2 Å². The molecule has 1 aromatic carbocycles. The van der Waals surface area contributed by atoms with Gasteiger partial charge in [-0.25, -0.2) is 0 Å². The van der Waals surface area contributed by atoms with E-state index in [0.717, 1.165) is 30.2 Å². The molecule has 0 amide bonds. The third-order valence-electron chi connectivity index (χ3n) is 5.43. The number of rotatable bonds is 7. The van der Waals surface area contributed by atoms with E-state index in [9.17, 15) is 5.11 Å². The van der Waals surface area contributed by atoms with Crippen LogP contribution in [0.5, 0.6) is 5.75 Å². The second-order valence-electron chi connectivity index (χ2n) is 7.97. The van der Waals surface area contributed by atoms with Gasteiger partial charge in [0.05, 0.1) is 17.4 Å². The van der Waals surface area contributed by atoms with Crippen LogP contribution in [0.15, 0.2) is 24.3 Å². The molecule has 0 atom stereocenters. The predicted octanol–water partition coefficient (Wildman–Crippen LogP) is 4.93. The molecule has 0 heterocycles. The van der Waals surface area contributed by atoms with Crippen LogP contribution in [0.25, 0.3) is 0 Å². The SMILES string of the molecule is CCC1CCC(Oc2ccc(NOC(C)(C)C(C)(C)O)cc2)CC1. The van der Waals surface area contributed by atoms with Gasteiger partial charge in [0.15, 0.2) is 0 Å². The van der Waals surface area contributed by atoms with Crippen molar-refractivity contribution in [3.05, 3.63) is 24.3 Å². The minimum Gasteiger partial charge on any atom is -0.490 e. The minimum absolute atomic E-state index is 0.344. The summed E-state index contributed by atoms with van der Waals surface area (Å²) in [7, 11) is 0. The highest BCUT2D eigenvalue weighted by Gasteiger charge is 2.37. The van der Waals surface area contributed by atoms with Crippen LogP contribution in [0, 0.1) is 5.92 Å². The van der Waals surface area contributed by atoms with Crippen molar-refractivity contribution in [3.63, 3.8) is 0 Å². The van der Waals surface area contributed by atoms with Gasteiger partial charge in [0.2, 0.25) is 0 Å². The van der Waals surface area contributed by atoms with E-state index in [0.29, 0.717) is 6.10 Å². The molecule has 0 spiro atoms. The molecule has 0 radical (unpaired) electrons. The van der Waals surface area contributed by atoms with E-state index in [4.69, 9.17) is 9.57 Å². The average molecular weight is 335 g/mol. The summed E-state index contributed by atoms with van der Waals surface area (Å²) in [5.41, 5.74) is 2.11. The molecule has 4 heteroatoms. The molecule has 2 N–H and O–H groups in total. The Hall–Kier alpha value is -1.26. The zero-order valence-corrected chi connectivity index (χ0v) is 15.8. The smallest absolute Gasteiger partial charge is 0.119 e. The molecule has 1 saturated carbocycles. The summed E-state index contributed by atoms with van der Waals surface area (Å²) in [5.74, 6) is 1.79. The van der Waals surface area contributed by atoms with Gasteiger partial charge < -0.3 is 9.84 Å².